The van der Waals surface area contributed by atoms with Gasteiger partial charge in [-0.3, -0.25) is 0 Å². The molecule has 0 rings (SSSR count). The summed E-state index contributed by atoms with van der Waals surface area (Å²) in [7, 11) is 0. The van der Waals surface area contributed by atoms with Crippen LogP contribution in [0.25, 0.3) is 0 Å². The molecule has 0 unspecified atom stereocenters. The summed E-state index contributed by atoms with van der Waals surface area (Å²) >= 11 is 2.24. The fraction of sp³-hybridized carbons (Fsp3) is 0.500. The molecule has 0 spiro atoms. The zero-order valence-corrected chi connectivity index (χ0v) is 7.46. The van der Waals surface area contributed by atoms with Gasteiger partial charge >= 0.3 is 67.8 Å². The third kappa shape index (κ3) is 3.67. The first-order valence-corrected chi connectivity index (χ1v) is 4.23. The van der Waals surface area contributed by atoms with Crippen LogP contribution in [0.2, 0.25) is 5.32 Å². The van der Waals surface area contributed by atoms with Crippen LogP contribution in [0.15, 0.2) is 12.7 Å². The van der Waals surface area contributed by atoms with Gasteiger partial charge in [-0.25, -0.2) is 0 Å². The Kier molecular flexibility index (Phi) is 5.30. The number of hydrogen-bond acceptors (Lipinski definition) is 2. The molecule has 0 aromatic heterocycles. The molecule has 2 N–H and O–H groups in total. The second kappa shape index (κ2) is 5.47. The number of carbonyl (C=O) groups is 1. The number of rotatable bonds is 5. The molecule has 0 aromatic rings. The first-order chi connectivity index (χ1) is 4.72. The normalized spacial score (nSPS) is 12.5. The van der Waals surface area contributed by atoms with Gasteiger partial charge in [0.1, 0.15) is 0 Å². The Morgan fingerprint density at radius 3 is 2.80 bits per heavy atom. The van der Waals surface area contributed by atoms with Crippen molar-refractivity contribution in [3.8, 4) is 0 Å². The predicted molar refractivity (Wildman–Crippen MR) is 41.6 cm³/mol. The van der Waals surface area contributed by atoms with Gasteiger partial charge in [-0.1, -0.05) is 0 Å². The van der Waals surface area contributed by atoms with Crippen LogP contribution in [-0.4, -0.2) is 39.7 Å². The molecule has 58 valence electrons. The molecule has 0 aliphatic rings. The van der Waals surface area contributed by atoms with Crippen LogP contribution in [0.5, 0.6) is 0 Å². The van der Waals surface area contributed by atoms with E-state index in [9.17, 15) is 4.79 Å². The van der Waals surface area contributed by atoms with Gasteiger partial charge in [0.05, 0.1) is 0 Å². The van der Waals surface area contributed by atoms with Crippen LogP contribution in [0, 0.1) is 0 Å². The van der Waals surface area contributed by atoms with E-state index in [1.165, 1.54) is 0 Å². The van der Waals surface area contributed by atoms with Crippen LogP contribution >= 0.6 is 0 Å². The van der Waals surface area contributed by atoms with E-state index in [2.05, 4.69) is 27.9 Å². The van der Waals surface area contributed by atoms with Gasteiger partial charge in [-0.05, 0) is 0 Å². The zero-order valence-electron chi connectivity index (χ0n) is 5.58. The maximum atomic E-state index is 10.3. The van der Waals surface area contributed by atoms with Crippen molar-refractivity contribution in [1.29, 1.82) is 0 Å². The second-order valence-corrected chi connectivity index (χ2v) is 2.54. The molecule has 10 heavy (non-hydrogen) atoms. The Labute approximate surface area is 68.3 Å². The molecule has 0 amide bonds. The van der Waals surface area contributed by atoms with Crippen molar-refractivity contribution in [3.05, 3.63) is 12.7 Å². The van der Waals surface area contributed by atoms with Gasteiger partial charge in [0.15, 0.2) is 0 Å². The Morgan fingerprint density at radius 2 is 2.50 bits per heavy atom. The topological polar surface area (TPSA) is 49.3 Å². The van der Waals surface area contributed by atoms with E-state index in [1.807, 2.05) is 0 Å². The first-order valence-electron chi connectivity index (χ1n) is 2.90. The fourth-order valence-electron chi connectivity index (χ4n) is 0.456. The van der Waals surface area contributed by atoms with Crippen molar-refractivity contribution in [2.45, 2.75) is 11.4 Å². The zero-order chi connectivity index (χ0) is 7.98. The minimum absolute atomic E-state index is 0.460. The summed E-state index contributed by atoms with van der Waals surface area (Å²) < 4.78 is 0. The average Bonchev–Trinajstić information content (AvgIpc) is 1.89. The molecule has 0 heterocycles. The molecule has 0 saturated heterocycles. The van der Waals surface area contributed by atoms with E-state index in [0.717, 1.165) is 0 Å². The summed E-state index contributed by atoms with van der Waals surface area (Å²) in [6, 6.07) is -0.460. The molecule has 0 fully saturated rings. The molecule has 0 radical (unpaired) electrons. The predicted octanol–water partition coefficient (Wildman–Crippen LogP) is -0.466. The van der Waals surface area contributed by atoms with Crippen molar-refractivity contribution in [2.75, 3.05) is 6.54 Å². The number of carboxylic acids is 1. The summed E-state index contributed by atoms with van der Waals surface area (Å²) in [6.07, 6.45) is 1.64. The Bertz CT molecular complexity index is 127. The van der Waals surface area contributed by atoms with Crippen LogP contribution in [0.3, 0.4) is 0 Å². The van der Waals surface area contributed by atoms with Gasteiger partial charge in [0.2, 0.25) is 0 Å². The molecule has 0 aliphatic heterocycles. The van der Waals surface area contributed by atoms with E-state index in [4.69, 9.17) is 5.11 Å². The van der Waals surface area contributed by atoms with E-state index < -0.39 is 12.0 Å². The van der Waals surface area contributed by atoms with E-state index in [0.29, 0.717) is 11.9 Å². The summed E-state index contributed by atoms with van der Waals surface area (Å²) in [4.78, 5) is 10.3. The van der Waals surface area contributed by atoms with Crippen molar-refractivity contribution < 1.29 is 9.90 Å². The summed E-state index contributed by atoms with van der Waals surface area (Å²) in [5.41, 5.74) is 0. The average molecular weight is 208 g/mol. The number of nitrogens with one attached hydrogen (secondary N) is 1. The Morgan fingerprint density at radius 1 is 1.90 bits per heavy atom. The van der Waals surface area contributed by atoms with Gasteiger partial charge < -0.3 is 0 Å². The molecular formula is C6H11NO2Se. The quantitative estimate of drug-likeness (QED) is 0.474. The summed E-state index contributed by atoms with van der Waals surface area (Å²) in [5.74, 6) is -0.817. The van der Waals surface area contributed by atoms with Crippen LogP contribution < -0.4 is 5.32 Å². The van der Waals surface area contributed by atoms with Crippen molar-refractivity contribution in [2.24, 2.45) is 0 Å². The van der Waals surface area contributed by atoms with Crippen molar-refractivity contribution >= 4 is 22.0 Å². The van der Waals surface area contributed by atoms with Gasteiger partial charge in [0, 0.05) is 0 Å². The molecule has 0 bridgehead atoms. The van der Waals surface area contributed by atoms with Crippen LogP contribution in [0.1, 0.15) is 0 Å². The van der Waals surface area contributed by atoms with Crippen LogP contribution in [-0.2, 0) is 4.79 Å². The van der Waals surface area contributed by atoms with Gasteiger partial charge in [-0.15, -0.1) is 0 Å². The molecule has 1 atom stereocenters. The molecule has 0 saturated carbocycles. The second-order valence-electron chi connectivity index (χ2n) is 1.77. The fourth-order valence-corrected chi connectivity index (χ4v) is 1.05. The molecule has 0 aromatic carbocycles. The van der Waals surface area contributed by atoms with Crippen LogP contribution in [0.4, 0.5) is 0 Å². The summed E-state index contributed by atoms with van der Waals surface area (Å²) in [5, 5.41) is 11.8. The monoisotopic (exact) mass is 209 g/mol. The number of aliphatic carboxylic acids is 1. The van der Waals surface area contributed by atoms with E-state index in [1.54, 1.807) is 6.08 Å². The molecule has 3 nitrogen and oxygen atoms in total. The van der Waals surface area contributed by atoms with E-state index in [-0.39, 0.29) is 0 Å². The SMILES string of the molecule is C=CCN[C@@H](C[SeH])C(=O)O. The standard InChI is InChI=1S/C6H11NO2Se/c1-2-3-7-5(4-10)6(8)9/h2,5,7,10H,1,3-4H2,(H,8,9)/t5-/m0/s1. The maximum absolute atomic E-state index is 10.3. The van der Waals surface area contributed by atoms with Gasteiger partial charge in [-0.2, -0.15) is 0 Å². The van der Waals surface area contributed by atoms with E-state index >= 15 is 0 Å². The number of hydrogen-bond donors (Lipinski definition) is 2. The molecule has 4 heteroatoms. The van der Waals surface area contributed by atoms with Crippen molar-refractivity contribution in [3.63, 3.8) is 0 Å². The Hall–Kier alpha value is -0.311. The third-order valence-corrected chi connectivity index (χ3v) is 1.76. The van der Waals surface area contributed by atoms with Gasteiger partial charge in [0.25, 0.3) is 0 Å². The minimum atomic E-state index is -0.817. The third-order valence-electron chi connectivity index (χ3n) is 0.989. The first kappa shape index (κ1) is 9.69. The summed E-state index contributed by atoms with van der Waals surface area (Å²) in [6.45, 7) is 4.00. The Balaban J connectivity index is 3.60. The molecule has 0 aliphatic carbocycles. The number of carboxylic acid groups (broad SMARTS) is 1. The molecular weight excluding hydrogens is 197 g/mol. The van der Waals surface area contributed by atoms with Crippen molar-refractivity contribution in [1.82, 2.24) is 5.32 Å².